The quantitative estimate of drug-likeness (QED) is 0.421. The summed E-state index contributed by atoms with van der Waals surface area (Å²) in [4.78, 5) is 4.07. The third kappa shape index (κ3) is 4.98. The Bertz CT molecular complexity index is 764. The van der Waals surface area contributed by atoms with Crippen LogP contribution in [0.15, 0.2) is 73.3 Å². The first-order valence-electron chi connectivity index (χ1n) is 7.89. The summed E-state index contributed by atoms with van der Waals surface area (Å²) >= 11 is 12.7. The molecule has 1 unspecified atom stereocenters. The molecule has 0 N–H and O–H groups in total. The lowest BCUT2D eigenvalue weighted by atomic mass is 10.1. The van der Waals surface area contributed by atoms with Crippen molar-refractivity contribution in [2.75, 3.05) is 13.2 Å². The van der Waals surface area contributed by atoms with E-state index in [1.807, 2.05) is 54.6 Å². The lowest BCUT2D eigenvalue weighted by Gasteiger charge is -2.29. The molecule has 2 aromatic carbocycles. The molecule has 1 aromatic heterocycles. The van der Waals surface area contributed by atoms with Gasteiger partial charge in [0.2, 0.25) is 5.18 Å². The Hall–Kier alpha value is -2.01. The summed E-state index contributed by atoms with van der Waals surface area (Å²) in [5.41, 5.74) is 1.01. The fourth-order valence-electron chi connectivity index (χ4n) is 2.40. The van der Waals surface area contributed by atoms with Gasteiger partial charge in [-0.05, 0) is 29.8 Å². The highest BCUT2D eigenvalue weighted by Gasteiger charge is 2.30. The zero-order chi connectivity index (χ0) is 17.5. The van der Waals surface area contributed by atoms with E-state index in [0.717, 1.165) is 11.3 Å². The summed E-state index contributed by atoms with van der Waals surface area (Å²) in [5, 5.41) is -0.395. The maximum absolute atomic E-state index is 6.77. The predicted molar refractivity (Wildman–Crippen MR) is 99.1 cm³/mol. The van der Waals surface area contributed by atoms with Gasteiger partial charge in [0.1, 0.15) is 12.4 Å². The molecule has 0 saturated heterocycles. The molecule has 0 aliphatic carbocycles. The van der Waals surface area contributed by atoms with Crippen LogP contribution in [0.4, 0.5) is 0 Å². The van der Waals surface area contributed by atoms with Crippen molar-refractivity contribution in [1.82, 2.24) is 9.55 Å². The summed E-state index contributed by atoms with van der Waals surface area (Å²) in [6.07, 6.45) is 5.55. The van der Waals surface area contributed by atoms with Gasteiger partial charge in [0.25, 0.3) is 0 Å². The van der Waals surface area contributed by atoms with Gasteiger partial charge >= 0.3 is 0 Å². The summed E-state index contributed by atoms with van der Waals surface area (Å²) in [7, 11) is 0. The third-order valence-corrected chi connectivity index (χ3v) is 4.33. The minimum absolute atomic E-state index is 0.337. The zero-order valence-corrected chi connectivity index (χ0v) is 15.0. The summed E-state index contributed by atoms with van der Waals surface area (Å²) in [6, 6.07) is 17.1. The van der Waals surface area contributed by atoms with Crippen LogP contribution in [-0.4, -0.2) is 22.8 Å². The van der Waals surface area contributed by atoms with Gasteiger partial charge in [-0.1, -0.05) is 53.5 Å². The van der Waals surface area contributed by atoms with Crippen LogP contribution < -0.4 is 4.74 Å². The van der Waals surface area contributed by atoms with Gasteiger partial charge in [-0.25, -0.2) is 4.98 Å². The van der Waals surface area contributed by atoms with E-state index in [1.54, 1.807) is 23.3 Å². The maximum Gasteiger partial charge on any atom is 0.228 e. The molecular weight excluding hydrogens is 359 g/mol. The SMILES string of the molecule is Clc1ccc(CC(Cl)(OCCOc2ccccc2)n2ccnc2)cc1. The minimum atomic E-state index is -1.08. The van der Waals surface area contributed by atoms with Crippen molar-refractivity contribution in [3.63, 3.8) is 0 Å². The molecule has 0 aliphatic rings. The Morgan fingerprint density at radius 2 is 1.76 bits per heavy atom. The van der Waals surface area contributed by atoms with E-state index in [-0.39, 0.29) is 0 Å². The minimum Gasteiger partial charge on any atom is -0.491 e. The van der Waals surface area contributed by atoms with Crippen LogP contribution in [0.1, 0.15) is 5.56 Å². The molecule has 0 bridgehead atoms. The van der Waals surface area contributed by atoms with E-state index in [0.29, 0.717) is 24.7 Å². The molecule has 1 heterocycles. The number of alkyl halides is 1. The molecule has 0 amide bonds. The Kier molecular flexibility index (Phi) is 5.97. The molecule has 1 atom stereocenters. The Morgan fingerprint density at radius 1 is 1.00 bits per heavy atom. The van der Waals surface area contributed by atoms with E-state index in [9.17, 15) is 0 Å². The fraction of sp³-hybridized carbons (Fsp3) is 0.211. The second-order valence-electron chi connectivity index (χ2n) is 5.47. The molecule has 0 fully saturated rings. The molecule has 6 heteroatoms. The van der Waals surface area contributed by atoms with Crippen LogP contribution in [0.3, 0.4) is 0 Å². The van der Waals surface area contributed by atoms with E-state index in [1.165, 1.54) is 0 Å². The van der Waals surface area contributed by atoms with Gasteiger partial charge in [-0.3, -0.25) is 4.57 Å². The predicted octanol–water partition coefficient (Wildman–Crippen LogP) is 4.72. The van der Waals surface area contributed by atoms with Gasteiger partial charge in [-0.15, -0.1) is 0 Å². The van der Waals surface area contributed by atoms with Crippen LogP contribution in [-0.2, 0) is 16.3 Å². The van der Waals surface area contributed by atoms with Crippen LogP contribution in [0, 0.1) is 0 Å². The highest BCUT2D eigenvalue weighted by Crippen LogP contribution is 2.29. The number of benzene rings is 2. The van der Waals surface area contributed by atoms with Crippen molar-refractivity contribution < 1.29 is 9.47 Å². The molecule has 0 radical (unpaired) electrons. The monoisotopic (exact) mass is 376 g/mol. The average molecular weight is 377 g/mol. The molecule has 0 spiro atoms. The van der Waals surface area contributed by atoms with Crippen LogP contribution in [0.25, 0.3) is 0 Å². The normalized spacial score (nSPS) is 13.4. The van der Waals surface area contributed by atoms with E-state index in [2.05, 4.69) is 4.98 Å². The Balaban J connectivity index is 1.64. The van der Waals surface area contributed by atoms with Gasteiger partial charge in [0.15, 0.2) is 0 Å². The number of imidazole rings is 1. The molecule has 0 aliphatic heterocycles. The number of hydrogen-bond acceptors (Lipinski definition) is 3. The first kappa shape index (κ1) is 17.8. The number of halogens is 2. The number of rotatable bonds is 8. The zero-order valence-electron chi connectivity index (χ0n) is 13.5. The van der Waals surface area contributed by atoms with Crippen molar-refractivity contribution in [2.45, 2.75) is 11.6 Å². The number of nitrogens with zero attached hydrogens (tertiary/aromatic N) is 2. The van der Waals surface area contributed by atoms with Crippen LogP contribution in [0.5, 0.6) is 5.75 Å². The smallest absolute Gasteiger partial charge is 0.228 e. The molecule has 130 valence electrons. The summed E-state index contributed by atoms with van der Waals surface area (Å²) in [5.74, 6) is 0.798. The average Bonchev–Trinajstić information content (AvgIpc) is 3.17. The topological polar surface area (TPSA) is 36.3 Å². The molecular formula is C19H18Cl2N2O2. The maximum atomic E-state index is 6.77. The number of para-hydroxylation sites is 1. The first-order chi connectivity index (χ1) is 12.2. The first-order valence-corrected chi connectivity index (χ1v) is 8.65. The van der Waals surface area contributed by atoms with Gasteiger partial charge in [0.05, 0.1) is 12.9 Å². The van der Waals surface area contributed by atoms with Crippen LogP contribution in [0.2, 0.25) is 5.02 Å². The van der Waals surface area contributed by atoms with E-state index >= 15 is 0 Å². The molecule has 3 aromatic rings. The summed E-state index contributed by atoms with van der Waals surface area (Å²) in [6.45, 7) is 0.734. The standard InChI is InChI=1S/C19H18Cl2N2O2/c20-17-8-6-16(7-9-17)14-19(21,23-11-10-22-15-23)25-13-12-24-18-4-2-1-3-5-18/h1-11,15H,12-14H2. The number of ether oxygens (including phenoxy) is 2. The van der Waals surface area contributed by atoms with E-state index in [4.69, 9.17) is 32.7 Å². The van der Waals surface area contributed by atoms with Gasteiger partial charge in [-0.2, -0.15) is 0 Å². The van der Waals surface area contributed by atoms with Crippen molar-refractivity contribution in [3.05, 3.63) is 83.9 Å². The van der Waals surface area contributed by atoms with E-state index < -0.39 is 5.18 Å². The van der Waals surface area contributed by atoms with Gasteiger partial charge < -0.3 is 9.47 Å². The second-order valence-corrected chi connectivity index (χ2v) is 6.50. The highest BCUT2D eigenvalue weighted by molar-refractivity contribution is 6.30. The largest absolute Gasteiger partial charge is 0.491 e. The highest BCUT2D eigenvalue weighted by atomic mass is 35.5. The molecule has 25 heavy (non-hydrogen) atoms. The van der Waals surface area contributed by atoms with Crippen molar-refractivity contribution >= 4 is 23.2 Å². The summed E-state index contributed by atoms with van der Waals surface area (Å²) < 4.78 is 13.4. The van der Waals surface area contributed by atoms with Gasteiger partial charge in [0, 0.05) is 23.8 Å². The number of hydrogen-bond donors (Lipinski definition) is 0. The second kappa shape index (κ2) is 8.39. The molecule has 0 saturated carbocycles. The molecule has 4 nitrogen and oxygen atoms in total. The Morgan fingerprint density at radius 3 is 2.44 bits per heavy atom. The number of aromatic nitrogens is 2. The fourth-order valence-corrected chi connectivity index (χ4v) is 2.86. The lowest BCUT2D eigenvalue weighted by molar-refractivity contribution is -0.0479. The van der Waals surface area contributed by atoms with Crippen molar-refractivity contribution in [1.29, 1.82) is 0 Å². The third-order valence-electron chi connectivity index (χ3n) is 3.64. The van der Waals surface area contributed by atoms with Crippen LogP contribution >= 0.6 is 23.2 Å². The van der Waals surface area contributed by atoms with Crippen molar-refractivity contribution in [3.8, 4) is 5.75 Å². The van der Waals surface area contributed by atoms with Crippen molar-refractivity contribution in [2.24, 2.45) is 0 Å². The lowest BCUT2D eigenvalue weighted by Crippen LogP contribution is -2.33. The molecule has 3 rings (SSSR count). The Labute approximate surface area is 156 Å².